The van der Waals surface area contributed by atoms with Crippen molar-refractivity contribution >= 4 is 11.6 Å². The summed E-state index contributed by atoms with van der Waals surface area (Å²) in [4.78, 5) is 14.6. The number of para-hydroxylation sites is 1. The second-order valence-corrected chi connectivity index (χ2v) is 9.01. The molecule has 2 N–H and O–H groups in total. The normalized spacial score (nSPS) is 27.2. The van der Waals surface area contributed by atoms with Gasteiger partial charge in [0.05, 0.1) is 12.6 Å². The fourth-order valence-electron chi connectivity index (χ4n) is 5.50. The van der Waals surface area contributed by atoms with Gasteiger partial charge in [0.1, 0.15) is 11.9 Å². The quantitative estimate of drug-likeness (QED) is 0.705. The predicted molar refractivity (Wildman–Crippen MR) is 125 cm³/mol. The zero-order valence-electron chi connectivity index (χ0n) is 18.3. The maximum atomic E-state index is 12.1. The van der Waals surface area contributed by atoms with E-state index in [2.05, 4.69) is 53.4 Å². The fraction of sp³-hybridized carbons (Fsp3) is 0.370. The minimum Gasteiger partial charge on any atom is -0.485 e. The number of benzene rings is 1. The lowest BCUT2D eigenvalue weighted by Crippen LogP contribution is -2.40. The van der Waals surface area contributed by atoms with Crippen molar-refractivity contribution in [2.45, 2.75) is 50.2 Å². The number of hydrogen-bond acceptors (Lipinski definition) is 4. The highest BCUT2D eigenvalue weighted by Crippen LogP contribution is 2.55. The number of rotatable bonds is 5. The minimum absolute atomic E-state index is 0.00217. The summed E-state index contributed by atoms with van der Waals surface area (Å²) < 4.78 is 6.37. The lowest BCUT2D eigenvalue weighted by Gasteiger charge is -2.41. The summed E-state index contributed by atoms with van der Waals surface area (Å²) in [5, 5.41) is 12.7. The van der Waals surface area contributed by atoms with E-state index in [9.17, 15) is 9.90 Å². The third-order valence-electron chi connectivity index (χ3n) is 6.95. The Morgan fingerprint density at radius 2 is 2.25 bits per heavy atom. The summed E-state index contributed by atoms with van der Waals surface area (Å²) in [6.45, 7) is 3.44. The maximum Gasteiger partial charge on any atom is 0.220 e. The second-order valence-electron chi connectivity index (χ2n) is 9.01. The first-order chi connectivity index (χ1) is 15.5. The standard InChI is InChI=1S/C27H28N2O3/c1-3-14-28-25(31)9-6-13-27(2)21-7-4-5-8-22(21)29-15-12-23-20(26(27)29)16-18-10-11-19(30)17-24(18)32-23/h1,4-5,7-8,10-11,16-17,19,23,30H,6,9,12-15H2,2H3,(H,28,31). The molecule has 0 fully saturated rings. The first kappa shape index (κ1) is 20.7. The topological polar surface area (TPSA) is 61.8 Å². The predicted octanol–water partition coefficient (Wildman–Crippen LogP) is 3.48. The number of aliphatic hydroxyl groups excluding tert-OH is 1. The molecule has 5 rings (SSSR count). The van der Waals surface area contributed by atoms with Gasteiger partial charge in [-0.1, -0.05) is 36.3 Å². The van der Waals surface area contributed by atoms with Crippen LogP contribution in [0.3, 0.4) is 0 Å². The van der Waals surface area contributed by atoms with E-state index in [0.29, 0.717) is 6.42 Å². The maximum absolute atomic E-state index is 12.1. The highest BCUT2D eigenvalue weighted by Gasteiger charge is 2.48. The van der Waals surface area contributed by atoms with Gasteiger partial charge >= 0.3 is 0 Å². The molecular formula is C27H28N2O3. The van der Waals surface area contributed by atoms with Gasteiger partial charge in [-0.2, -0.15) is 0 Å². The third-order valence-corrected chi connectivity index (χ3v) is 6.95. The van der Waals surface area contributed by atoms with Crippen molar-refractivity contribution < 1.29 is 14.6 Å². The van der Waals surface area contributed by atoms with Crippen molar-refractivity contribution in [3.63, 3.8) is 0 Å². The number of anilines is 1. The van der Waals surface area contributed by atoms with Crippen molar-refractivity contribution in [2.24, 2.45) is 0 Å². The second kappa shape index (κ2) is 8.03. The zero-order valence-corrected chi connectivity index (χ0v) is 18.3. The molecule has 0 saturated carbocycles. The van der Waals surface area contributed by atoms with Crippen LogP contribution >= 0.6 is 0 Å². The molecule has 5 nitrogen and oxygen atoms in total. The third kappa shape index (κ3) is 3.36. The summed E-state index contributed by atoms with van der Waals surface area (Å²) >= 11 is 0. The Balaban J connectivity index is 1.53. The summed E-state index contributed by atoms with van der Waals surface area (Å²) in [6.07, 6.45) is 15.3. The summed E-state index contributed by atoms with van der Waals surface area (Å²) in [6, 6.07) is 8.60. The van der Waals surface area contributed by atoms with E-state index in [-0.39, 0.29) is 24.0 Å². The number of carbonyl (C=O) groups is 1. The average Bonchev–Trinajstić information content (AvgIpc) is 3.05. The number of ether oxygens (including phenoxy) is 1. The van der Waals surface area contributed by atoms with Crippen LogP contribution in [0, 0.1) is 12.3 Å². The number of aliphatic hydroxyl groups is 1. The molecule has 4 aliphatic rings. The summed E-state index contributed by atoms with van der Waals surface area (Å²) in [5.74, 6) is 3.22. The molecule has 3 aliphatic heterocycles. The smallest absolute Gasteiger partial charge is 0.220 e. The Morgan fingerprint density at radius 1 is 1.41 bits per heavy atom. The number of terminal acetylenes is 1. The molecule has 0 radical (unpaired) electrons. The number of nitrogens with zero attached hydrogens (tertiary/aromatic N) is 1. The number of hydrogen-bond donors (Lipinski definition) is 2. The summed E-state index contributed by atoms with van der Waals surface area (Å²) in [5.41, 5.74) is 5.84. The fourth-order valence-corrected chi connectivity index (χ4v) is 5.50. The van der Waals surface area contributed by atoms with E-state index in [0.717, 1.165) is 37.1 Å². The molecule has 1 aromatic rings. The molecule has 164 valence electrons. The van der Waals surface area contributed by atoms with Crippen molar-refractivity contribution in [3.8, 4) is 12.3 Å². The van der Waals surface area contributed by atoms with Crippen LogP contribution < -0.4 is 10.2 Å². The number of amides is 1. The lowest BCUT2D eigenvalue weighted by molar-refractivity contribution is -0.121. The molecule has 0 spiro atoms. The lowest BCUT2D eigenvalue weighted by atomic mass is 9.74. The Bertz CT molecular complexity index is 1120. The molecule has 32 heavy (non-hydrogen) atoms. The number of fused-ring (bicyclic) bond motifs is 5. The van der Waals surface area contributed by atoms with Gasteiger partial charge in [-0.15, -0.1) is 6.42 Å². The van der Waals surface area contributed by atoms with Gasteiger partial charge in [0.2, 0.25) is 5.91 Å². The molecular weight excluding hydrogens is 400 g/mol. The van der Waals surface area contributed by atoms with Crippen molar-refractivity contribution in [1.82, 2.24) is 5.32 Å². The largest absolute Gasteiger partial charge is 0.485 e. The molecule has 3 atom stereocenters. The van der Waals surface area contributed by atoms with Crippen LogP contribution in [-0.2, 0) is 14.9 Å². The van der Waals surface area contributed by atoms with Crippen LogP contribution in [0.25, 0.3) is 0 Å². The Morgan fingerprint density at radius 3 is 3.09 bits per heavy atom. The first-order valence-electron chi connectivity index (χ1n) is 11.3. The number of allylic oxidation sites excluding steroid dienone is 2. The van der Waals surface area contributed by atoms with Gasteiger partial charge in [-0.05, 0) is 43.5 Å². The highest BCUT2D eigenvalue weighted by molar-refractivity contribution is 5.76. The number of carbonyl (C=O) groups excluding carboxylic acids is 1. The van der Waals surface area contributed by atoms with Gasteiger partial charge in [0, 0.05) is 47.3 Å². The SMILES string of the molecule is C#CCNC(=O)CCCC1(C)C2=C3C=C4C=CC(O)C=C4OC3CCN2c2ccccc21. The molecule has 0 bridgehead atoms. The highest BCUT2D eigenvalue weighted by atomic mass is 16.5. The molecule has 0 saturated heterocycles. The molecule has 0 aromatic heterocycles. The monoisotopic (exact) mass is 428 g/mol. The first-order valence-corrected chi connectivity index (χ1v) is 11.3. The van der Waals surface area contributed by atoms with Crippen molar-refractivity contribution in [3.05, 3.63) is 76.7 Å². The number of nitrogens with one attached hydrogen (secondary N) is 1. The Hall–Kier alpha value is -3.23. The van der Waals surface area contributed by atoms with Gasteiger partial charge in [-0.25, -0.2) is 0 Å². The van der Waals surface area contributed by atoms with Gasteiger partial charge < -0.3 is 20.1 Å². The van der Waals surface area contributed by atoms with Crippen molar-refractivity contribution in [2.75, 3.05) is 18.0 Å². The average molecular weight is 429 g/mol. The molecule has 1 aliphatic carbocycles. The van der Waals surface area contributed by atoms with Crippen LogP contribution in [0.2, 0.25) is 0 Å². The van der Waals surface area contributed by atoms with Gasteiger partial charge in [0.15, 0.2) is 0 Å². The van der Waals surface area contributed by atoms with Gasteiger partial charge in [-0.3, -0.25) is 4.79 Å². The Kier molecular flexibility index (Phi) is 5.19. The molecule has 1 amide bonds. The van der Waals surface area contributed by atoms with Crippen LogP contribution in [0.4, 0.5) is 5.69 Å². The summed E-state index contributed by atoms with van der Waals surface area (Å²) in [7, 11) is 0. The van der Waals surface area contributed by atoms with Crippen LogP contribution in [0.1, 0.15) is 38.2 Å². The van der Waals surface area contributed by atoms with E-state index >= 15 is 0 Å². The molecule has 3 unspecified atom stereocenters. The Labute approximate surface area is 189 Å². The molecule has 1 aromatic carbocycles. The van der Waals surface area contributed by atoms with E-state index in [4.69, 9.17) is 11.2 Å². The van der Waals surface area contributed by atoms with E-state index in [1.165, 1.54) is 22.5 Å². The zero-order chi connectivity index (χ0) is 22.3. The molecule has 5 heteroatoms. The van der Waals surface area contributed by atoms with Crippen LogP contribution in [0.15, 0.2) is 71.2 Å². The van der Waals surface area contributed by atoms with E-state index in [1.54, 1.807) is 12.2 Å². The van der Waals surface area contributed by atoms with Crippen LogP contribution in [-0.4, -0.2) is 36.3 Å². The van der Waals surface area contributed by atoms with E-state index < -0.39 is 6.10 Å². The van der Waals surface area contributed by atoms with E-state index in [1.807, 2.05) is 6.08 Å². The van der Waals surface area contributed by atoms with Gasteiger partial charge in [0.25, 0.3) is 0 Å². The minimum atomic E-state index is -0.599. The molecule has 3 heterocycles. The van der Waals surface area contributed by atoms with Crippen molar-refractivity contribution in [1.29, 1.82) is 0 Å². The van der Waals surface area contributed by atoms with Crippen LogP contribution in [0.5, 0.6) is 0 Å².